The summed E-state index contributed by atoms with van der Waals surface area (Å²) in [5.74, 6) is -0.329. The lowest BCUT2D eigenvalue weighted by Crippen LogP contribution is -2.37. The molecule has 0 bridgehead atoms. The summed E-state index contributed by atoms with van der Waals surface area (Å²) in [6, 6.07) is 2.66. The zero-order chi connectivity index (χ0) is 15.8. The molecule has 1 N–H and O–H groups in total. The van der Waals surface area contributed by atoms with Crippen molar-refractivity contribution in [2.45, 2.75) is 32.1 Å². The number of nitrogens with zero attached hydrogens (tertiary/aromatic N) is 3. The largest absolute Gasteiger partial charge is 0.433 e. The number of nitro groups is 1. The summed E-state index contributed by atoms with van der Waals surface area (Å²) in [7, 11) is 0. The molecule has 1 saturated heterocycles. The molecule has 0 atom stereocenters. The molecule has 0 saturated carbocycles. The number of amides is 1. The van der Waals surface area contributed by atoms with Gasteiger partial charge in [0.2, 0.25) is 0 Å². The average Bonchev–Trinajstić information content (AvgIpc) is 2.91. The molecule has 0 spiro atoms. The summed E-state index contributed by atoms with van der Waals surface area (Å²) in [5, 5.41) is 14.2. The Bertz CT molecular complexity index is 533. The molecule has 1 amide bonds. The van der Waals surface area contributed by atoms with Crippen LogP contribution in [0.15, 0.2) is 21.7 Å². The molecule has 1 aliphatic heterocycles. The lowest BCUT2D eigenvalue weighted by Gasteiger charge is -2.23. The van der Waals surface area contributed by atoms with Gasteiger partial charge in [-0.2, -0.15) is 5.10 Å². The number of hydrazone groups is 1. The molecule has 0 aliphatic carbocycles. The van der Waals surface area contributed by atoms with E-state index >= 15 is 0 Å². The van der Waals surface area contributed by atoms with E-state index in [9.17, 15) is 14.9 Å². The Hall–Kier alpha value is -2.22. The number of carbonyl (C=O) groups is 1. The van der Waals surface area contributed by atoms with E-state index in [1.54, 1.807) is 0 Å². The third kappa shape index (κ3) is 5.28. The first-order valence-electron chi connectivity index (χ1n) is 7.43. The van der Waals surface area contributed by atoms with Gasteiger partial charge < -0.3 is 4.42 Å². The highest BCUT2D eigenvalue weighted by molar-refractivity contribution is 5.81. The van der Waals surface area contributed by atoms with Crippen molar-refractivity contribution in [1.29, 1.82) is 0 Å². The molecule has 0 aromatic carbocycles. The maximum absolute atomic E-state index is 11.8. The fourth-order valence-corrected chi connectivity index (χ4v) is 2.39. The van der Waals surface area contributed by atoms with Crippen LogP contribution in [0.5, 0.6) is 0 Å². The van der Waals surface area contributed by atoms with E-state index in [0.29, 0.717) is 6.54 Å². The van der Waals surface area contributed by atoms with Gasteiger partial charge in [-0.1, -0.05) is 19.3 Å². The monoisotopic (exact) mass is 308 g/mol. The lowest BCUT2D eigenvalue weighted by molar-refractivity contribution is -0.402. The smallest absolute Gasteiger partial charge is 0.400 e. The topological polar surface area (TPSA) is 101 Å². The molecule has 8 heteroatoms. The minimum Gasteiger partial charge on any atom is -0.400 e. The van der Waals surface area contributed by atoms with Crippen LogP contribution in [-0.4, -0.2) is 41.6 Å². The van der Waals surface area contributed by atoms with Crippen LogP contribution < -0.4 is 5.43 Å². The number of nitrogens with one attached hydrogen (secondary N) is 1. The molecule has 0 unspecified atom stereocenters. The van der Waals surface area contributed by atoms with Gasteiger partial charge >= 0.3 is 5.88 Å². The van der Waals surface area contributed by atoms with Crippen molar-refractivity contribution in [1.82, 2.24) is 10.3 Å². The second kappa shape index (κ2) is 8.28. The number of hydrogen-bond acceptors (Lipinski definition) is 6. The van der Waals surface area contributed by atoms with E-state index in [0.717, 1.165) is 25.9 Å². The summed E-state index contributed by atoms with van der Waals surface area (Å²) in [6.45, 7) is 2.18. The molecule has 1 aromatic heterocycles. The Kier molecular flexibility index (Phi) is 6.08. The zero-order valence-electron chi connectivity index (χ0n) is 12.4. The van der Waals surface area contributed by atoms with Gasteiger partial charge in [-0.25, -0.2) is 5.43 Å². The number of hydrogen-bond donors (Lipinski definition) is 1. The minimum absolute atomic E-state index is 0.196. The van der Waals surface area contributed by atoms with Gasteiger partial charge in [-0.05, 0) is 32.0 Å². The first kappa shape index (κ1) is 16.2. The van der Waals surface area contributed by atoms with E-state index in [1.807, 2.05) is 0 Å². The van der Waals surface area contributed by atoms with Gasteiger partial charge in [0, 0.05) is 0 Å². The maximum atomic E-state index is 11.8. The molecular formula is C14H20N4O4. The molecule has 1 aliphatic rings. The normalized spacial score (nSPS) is 17.1. The predicted molar refractivity (Wildman–Crippen MR) is 80.6 cm³/mol. The highest BCUT2D eigenvalue weighted by atomic mass is 16.6. The summed E-state index contributed by atoms with van der Waals surface area (Å²) in [4.78, 5) is 23.8. The maximum Gasteiger partial charge on any atom is 0.433 e. The van der Waals surface area contributed by atoms with Crippen molar-refractivity contribution >= 4 is 18.0 Å². The quantitative estimate of drug-likeness (QED) is 0.508. The Morgan fingerprint density at radius 2 is 2.00 bits per heavy atom. The van der Waals surface area contributed by atoms with E-state index in [4.69, 9.17) is 4.42 Å². The van der Waals surface area contributed by atoms with Gasteiger partial charge in [0.05, 0.1) is 18.8 Å². The second-order valence-electron chi connectivity index (χ2n) is 5.27. The third-order valence-corrected chi connectivity index (χ3v) is 3.49. The first-order chi connectivity index (χ1) is 10.6. The highest BCUT2D eigenvalue weighted by Crippen LogP contribution is 2.13. The summed E-state index contributed by atoms with van der Waals surface area (Å²) in [6.07, 6.45) is 7.19. The van der Waals surface area contributed by atoms with Crippen molar-refractivity contribution in [2.24, 2.45) is 5.10 Å². The molecule has 120 valence electrons. The SMILES string of the molecule is O=C(CN1CCCCCCC1)N/N=C\c1ccc([N+](=O)[O-])o1. The minimum atomic E-state index is -0.627. The standard InChI is InChI=1S/C14H20N4O4/c19-13(11-17-8-4-2-1-3-5-9-17)16-15-10-12-6-7-14(22-12)18(20)21/h6-7,10H,1-5,8-9,11H2,(H,16,19)/b15-10-. The van der Waals surface area contributed by atoms with Crippen LogP contribution >= 0.6 is 0 Å². The second-order valence-corrected chi connectivity index (χ2v) is 5.27. The molecule has 1 aromatic rings. The Labute approximate surface area is 128 Å². The van der Waals surface area contributed by atoms with Gasteiger partial charge in [-0.3, -0.25) is 19.8 Å². The molecule has 2 rings (SSSR count). The van der Waals surface area contributed by atoms with Crippen LogP contribution in [0.4, 0.5) is 5.88 Å². The van der Waals surface area contributed by atoms with Crippen LogP contribution in [-0.2, 0) is 4.79 Å². The molecule has 2 heterocycles. The fraction of sp³-hybridized carbons (Fsp3) is 0.571. The Morgan fingerprint density at radius 1 is 1.32 bits per heavy atom. The first-order valence-corrected chi connectivity index (χ1v) is 7.43. The van der Waals surface area contributed by atoms with Crippen molar-refractivity contribution in [3.05, 3.63) is 28.0 Å². The summed E-state index contributed by atoms with van der Waals surface area (Å²) in [5.41, 5.74) is 2.41. The third-order valence-electron chi connectivity index (χ3n) is 3.49. The van der Waals surface area contributed by atoms with Crippen LogP contribution in [0.25, 0.3) is 0 Å². The van der Waals surface area contributed by atoms with Gasteiger partial charge in [0.1, 0.15) is 4.92 Å². The molecule has 8 nitrogen and oxygen atoms in total. The lowest BCUT2D eigenvalue weighted by atomic mass is 10.1. The molecule has 1 fully saturated rings. The van der Waals surface area contributed by atoms with Crippen LogP contribution in [0.3, 0.4) is 0 Å². The van der Waals surface area contributed by atoms with E-state index in [2.05, 4.69) is 15.4 Å². The Morgan fingerprint density at radius 3 is 2.64 bits per heavy atom. The summed E-state index contributed by atoms with van der Waals surface area (Å²) < 4.78 is 4.90. The van der Waals surface area contributed by atoms with Crippen LogP contribution in [0.1, 0.15) is 37.9 Å². The van der Waals surface area contributed by atoms with Crippen LogP contribution in [0, 0.1) is 10.1 Å². The van der Waals surface area contributed by atoms with Crippen LogP contribution in [0.2, 0.25) is 0 Å². The van der Waals surface area contributed by atoms with Crippen molar-refractivity contribution in [3.63, 3.8) is 0 Å². The number of rotatable bonds is 5. The number of furan rings is 1. The predicted octanol–water partition coefficient (Wildman–Crippen LogP) is 1.90. The van der Waals surface area contributed by atoms with E-state index < -0.39 is 4.92 Å². The highest BCUT2D eigenvalue weighted by Gasteiger charge is 2.12. The number of likely N-dealkylation sites (tertiary alicyclic amines) is 1. The Balaban J connectivity index is 1.76. The van der Waals surface area contributed by atoms with Crippen molar-refractivity contribution < 1.29 is 14.1 Å². The van der Waals surface area contributed by atoms with Gasteiger partial charge in [0.25, 0.3) is 5.91 Å². The zero-order valence-corrected chi connectivity index (χ0v) is 12.4. The van der Waals surface area contributed by atoms with Gasteiger partial charge in [0.15, 0.2) is 5.76 Å². The van der Waals surface area contributed by atoms with E-state index in [1.165, 1.54) is 37.6 Å². The van der Waals surface area contributed by atoms with Gasteiger partial charge in [-0.15, -0.1) is 0 Å². The van der Waals surface area contributed by atoms with Crippen molar-refractivity contribution in [2.75, 3.05) is 19.6 Å². The number of carbonyl (C=O) groups excluding carboxylic acids is 1. The van der Waals surface area contributed by atoms with Crippen molar-refractivity contribution in [3.8, 4) is 0 Å². The molecular weight excluding hydrogens is 288 g/mol. The average molecular weight is 308 g/mol. The summed E-state index contributed by atoms with van der Waals surface area (Å²) >= 11 is 0. The molecule has 22 heavy (non-hydrogen) atoms. The molecule has 0 radical (unpaired) electrons. The fourth-order valence-electron chi connectivity index (χ4n) is 2.39. The van der Waals surface area contributed by atoms with E-state index in [-0.39, 0.29) is 17.6 Å².